The van der Waals surface area contributed by atoms with Crippen LogP contribution in [0.2, 0.25) is 0 Å². The molecule has 0 amide bonds. The lowest BCUT2D eigenvalue weighted by Crippen LogP contribution is -2.17. The Kier molecular flexibility index (Phi) is 7.48. The van der Waals surface area contributed by atoms with E-state index in [0.717, 1.165) is 28.8 Å². The van der Waals surface area contributed by atoms with Gasteiger partial charge in [0, 0.05) is 6.07 Å². The van der Waals surface area contributed by atoms with Gasteiger partial charge in [-0.15, -0.1) is 0 Å². The average molecular weight is 587 g/mol. The van der Waals surface area contributed by atoms with E-state index >= 15 is 0 Å². The summed E-state index contributed by atoms with van der Waals surface area (Å²) in [7, 11) is -12.9. The number of aromatic hydroxyl groups is 1. The summed E-state index contributed by atoms with van der Waals surface area (Å²) in [5.41, 5.74) is 1.58. The van der Waals surface area contributed by atoms with Crippen molar-refractivity contribution < 1.29 is 30.4 Å². The van der Waals surface area contributed by atoms with Crippen LogP contribution in [0.4, 0.5) is 11.4 Å². The van der Waals surface area contributed by atoms with E-state index in [1.807, 2.05) is 0 Å². The number of rotatable bonds is 8. The molecule has 0 aliphatic rings. The van der Waals surface area contributed by atoms with Gasteiger partial charge in [0.15, 0.2) is 0 Å². The number of anilines is 2. The fourth-order valence-electron chi connectivity index (χ4n) is 3.64. The van der Waals surface area contributed by atoms with Gasteiger partial charge >= 0.3 is 0 Å². The minimum absolute atomic E-state index is 0.106. The molecule has 0 radical (unpaired) electrons. The maximum atomic E-state index is 13.6. The summed E-state index contributed by atoms with van der Waals surface area (Å²) in [5.74, 6) is -0.713. The highest BCUT2D eigenvalue weighted by Crippen LogP contribution is 2.38. The molecule has 0 spiro atoms. The highest BCUT2D eigenvalue weighted by atomic mass is 32.2. The van der Waals surface area contributed by atoms with Gasteiger partial charge in [0.2, 0.25) is 9.84 Å². The van der Waals surface area contributed by atoms with Gasteiger partial charge in [-0.3, -0.25) is 9.44 Å². The van der Waals surface area contributed by atoms with Crippen LogP contribution in [-0.4, -0.2) is 30.4 Å². The van der Waals surface area contributed by atoms with Gasteiger partial charge in [-0.25, -0.2) is 25.3 Å². The summed E-state index contributed by atoms with van der Waals surface area (Å²) >= 11 is 0. The van der Waals surface area contributed by atoms with Crippen molar-refractivity contribution in [2.24, 2.45) is 0 Å². The third kappa shape index (κ3) is 6.08. The Labute approximate surface area is 228 Å². The highest BCUT2D eigenvalue weighted by molar-refractivity contribution is 7.93. The Morgan fingerprint density at radius 1 is 0.513 bits per heavy atom. The lowest BCUT2D eigenvalue weighted by molar-refractivity contribution is 0.475. The molecule has 4 aromatic rings. The molecule has 0 bridgehead atoms. The lowest BCUT2D eigenvalue weighted by atomic mass is 10.2. The standard InChI is InChI=1S/C27H26N2O7S3/c1-18-4-10-21(11-5-18)37(31,32)27-17-26(30)24(28-38(33,34)22-12-6-19(2)7-13-22)16-25(27)29-39(35,36)23-14-8-20(3)9-15-23/h4-17,28-30H,1-3H3. The molecule has 0 saturated heterocycles. The van der Waals surface area contributed by atoms with Gasteiger partial charge in [-0.2, -0.15) is 0 Å². The van der Waals surface area contributed by atoms with Crippen LogP contribution in [0.3, 0.4) is 0 Å². The molecule has 204 valence electrons. The maximum absolute atomic E-state index is 13.6. The lowest BCUT2D eigenvalue weighted by Gasteiger charge is -2.17. The summed E-state index contributed by atoms with van der Waals surface area (Å²) < 4.78 is 83.9. The number of hydrogen-bond acceptors (Lipinski definition) is 7. The van der Waals surface area contributed by atoms with E-state index in [-0.39, 0.29) is 14.7 Å². The van der Waals surface area contributed by atoms with Crippen molar-refractivity contribution in [3.05, 3.63) is 102 Å². The summed E-state index contributed by atoms with van der Waals surface area (Å²) in [4.78, 5) is -0.943. The Morgan fingerprint density at radius 2 is 0.872 bits per heavy atom. The van der Waals surface area contributed by atoms with Gasteiger partial charge in [0.05, 0.1) is 31.0 Å². The number of hydrogen-bond donors (Lipinski definition) is 3. The molecule has 9 nitrogen and oxygen atoms in total. The zero-order valence-corrected chi connectivity index (χ0v) is 23.7. The first-order chi connectivity index (χ1) is 18.2. The average Bonchev–Trinajstić information content (AvgIpc) is 2.86. The number of sulfone groups is 1. The quantitative estimate of drug-likeness (QED) is 0.199. The summed E-state index contributed by atoms with van der Waals surface area (Å²) in [5, 5.41) is 10.7. The molecule has 39 heavy (non-hydrogen) atoms. The van der Waals surface area contributed by atoms with Gasteiger partial charge < -0.3 is 5.11 Å². The van der Waals surface area contributed by atoms with Crippen LogP contribution in [0.15, 0.2) is 105 Å². The smallest absolute Gasteiger partial charge is 0.262 e. The molecule has 0 aliphatic heterocycles. The first-order valence-corrected chi connectivity index (χ1v) is 16.0. The molecule has 0 unspecified atom stereocenters. The van der Waals surface area contributed by atoms with Gasteiger partial charge in [-0.1, -0.05) is 53.1 Å². The van der Waals surface area contributed by atoms with Crippen LogP contribution in [0.25, 0.3) is 0 Å². The fourth-order valence-corrected chi connectivity index (χ4v) is 7.25. The number of phenols is 1. The van der Waals surface area contributed by atoms with Gasteiger partial charge in [0.1, 0.15) is 5.75 Å². The molecule has 4 rings (SSSR count). The van der Waals surface area contributed by atoms with Crippen molar-refractivity contribution in [1.82, 2.24) is 0 Å². The number of benzene rings is 4. The molecule has 0 saturated carbocycles. The van der Waals surface area contributed by atoms with Crippen LogP contribution in [0.1, 0.15) is 16.7 Å². The highest BCUT2D eigenvalue weighted by Gasteiger charge is 2.28. The summed E-state index contributed by atoms with van der Waals surface area (Å²) in [6, 6.07) is 19.4. The normalized spacial score (nSPS) is 12.2. The second kappa shape index (κ2) is 10.4. The molecule has 0 aromatic heterocycles. The molecular formula is C27H26N2O7S3. The van der Waals surface area contributed by atoms with Crippen molar-refractivity contribution in [2.45, 2.75) is 40.4 Å². The van der Waals surface area contributed by atoms with E-state index in [9.17, 15) is 30.4 Å². The van der Waals surface area contributed by atoms with Crippen molar-refractivity contribution in [1.29, 1.82) is 0 Å². The van der Waals surface area contributed by atoms with E-state index in [4.69, 9.17) is 0 Å². The number of aryl methyl sites for hydroxylation is 3. The molecule has 4 aromatic carbocycles. The zero-order chi connectivity index (χ0) is 28.6. The van der Waals surface area contributed by atoms with Crippen LogP contribution >= 0.6 is 0 Å². The van der Waals surface area contributed by atoms with Crippen molar-refractivity contribution in [3.63, 3.8) is 0 Å². The van der Waals surface area contributed by atoms with E-state index in [0.29, 0.717) is 0 Å². The topological polar surface area (TPSA) is 147 Å². The van der Waals surface area contributed by atoms with Crippen LogP contribution in [-0.2, 0) is 29.9 Å². The Morgan fingerprint density at radius 3 is 1.28 bits per heavy atom. The second-order valence-corrected chi connectivity index (χ2v) is 14.3. The number of nitrogens with one attached hydrogen (secondary N) is 2. The molecule has 0 atom stereocenters. The first-order valence-electron chi connectivity index (χ1n) is 11.6. The summed E-state index contributed by atoms with van der Waals surface area (Å²) in [6.07, 6.45) is 0. The van der Waals surface area contributed by atoms with Crippen LogP contribution in [0.5, 0.6) is 5.75 Å². The molecule has 0 heterocycles. The Balaban J connectivity index is 1.86. The molecule has 3 N–H and O–H groups in total. The zero-order valence-electron chi connectivity index (χ0n) is 21.2. The summed E-state index contributed by atoms with van der Waals surface area (Å²) in [6.45, 7) is 5.34. The second-order valence-electron chi connectivity index (χ2n) is 9.02. The van der Waals surface area contributed by atoms with Gasteiger partial charge in [0.25, 0.3) is 20.0 Å². The monoisotopic (exact) mass is 586 g/mol. The van der Waals surface area contributed by atoms with Crippen LogP contribution < -0.4 is 9.44 Å². The van der Waals surface area contributed by atoms with Crippen LogP contribution in [0, 0.1) is 20.8 Å². The molecule has 12 heteroatoms. The fraction of sp³-hybridized carbons (Fsp3) is 0.111. The van der Waals surface area contributed by atoms with E-state index < -0.39 is 51.9 Å². The van der Waals surface area contributed by atoms with E-state index in [1.54, 1.807) is 57.2 Å². The maximum Gasteiger partial charge on any atom is 0.262 e. The first kappa shape index (κ1) is 28.1. The predicted octanol–water partition coefficient (Wildman–Crippen LogP) is 4.75. The number of sulfonamides is 2. The Hall–Kier alpha value is -3.87. The largest absolute Gasteiger partial charge is 0.506 e. The Bertz CT molecular complexity index is 1850. The van der Waals surface area contributed by atoms with Crippen molar-refractivity contribution >= 4 is 41.3 Å². The molecule has 0 fully saturated rings. The SMILES string of the molecule is Cc1ccc(S(=O)(=O)Nc2cc(NS(=O)(=O)c3ccc(C)cc3)c(S(=O)(=O)c3ccc(C)cc3)cc2O)cc1. The third-order valence-electron chi connectivity index (χ3n) is 5.87. The van der Waals surface area contributed by atoms with Crippen molar-refractivity contribution in [3.8, 4) is 5.75 Å². The van der Waals surface area contributed by atoms with Crippen molar-refractivity contribution in [2.75, 3.05) is 9.44 Å². The van der Waals surface area contributed by atoms with E-state index in [2.05, 4.69) is 9.44 Å². The minimum atomic E-state index is -4.35. The third-order valence-corrected chi connectivity index (χ3v) is 10.4. The predicted molar refractivity (Wildman–Crippen MR) is 149 cm³/mol. The molecule has 0 aliphatic carbocycles. The molecular weight excluding hydrogens is 561 g/mol. The van der Waals surface area contributed by atoms with E-state index in [1.165, 1.54) is 36.4 Å². The van der Waals surface area contributed by atoms with Gasteiger partial charge in [-0.05, 0) is 63.2 Å². The minimum Gasteiger partial charge on any atom is -0.506 e. The number of phenolic OH excluding ortho intramolecular Hbond substituents is 1.